The molecule has 2 heterocycles. The minimum Gasteiger partial charge on any atom is -0.450 e. The maximum absolute atomic E-state index is 12.7. The number of para-hydroxylation sites is 2. The molecule has 0 unspecified atom stereocenters. The maximum atomic E-state index is 12.7. The summed E-state index contributed by atoms with van der Waals surface area (Å²) in [5.74, 6) is 1.10. The van der Waals surface area contributed by atoms with E-state index in [1.807, 2.05) is 36.4 Å². The largest absolute Gasteiger partial charge is 0.450 e. The summed E-state index contributed by atoms with van der Waals surface area (Å²) in [5.41, 5.74) is 1.82. The lowest BCUT2D eigenvalue weighted by molar-refractivity contribution is 0.101. The van der Waals surface area contributed by atoms with E-state index >= 15 is 0 Å². The highest BCUT2D eigenvalue weighted by molar-refractivity contribution is 8.03. The number of nitrogens with zero attached hydrogens (tertiary/aromatic N) is 1. The molecule has 4 rings (SSSR count). The third kappa shape index (κ3) is 2.00. The van der Waals surface area contributed by atoms with Crippen molar-refractivity contribution in [3.05, 3.63) is 64.9 Å². The summed E-state index contributed by atoms with van der Waals surface area (Å²) in [6.45, 7) is 2.17. The van der Waals surface area contributed by atoms with Gasteiger partial charge in [-0.1, -0.05) is 42.6 Å². The molecule has 0 saturated carbocycles. The van der Waals surface area contributed by atoms with E-state index in [1.165, 1.54) is 4.90 Å². The summed E-state index contributed by atoms with van der Waals surface area (Å²) < 4.78 is 5.88. The first-order valence-electron chi connectivity index (χ1n) is 7.04. The Balaban J connectivity index is 1.82. The number of Topliss-reactive ketones (excluding diaryl/α,β-unsaturated/α-hetero) is 1. The second-order valence-corrected chi connectivity index (χ2v) is 7.13. The number of ether oxygens (including phenoxy) is 1. The number of benzene rings is 2. The molecule has 2 aliphatic rings. The number of allylic oxidation sites excluding steroid dienone is 1. The van der Waals surface area contributed by atoms with Gasteiger partial charge in [0.25, 0.3) is 0 Å². The zero-order chi connectivity index (χ0) is 15.1. The quantitative estimate of drug-likeness (QED) is 0.622. The average Bonchev–Trinajstić information content (AvgIpc) is 3.07. The molecular weight excluding hydrogens is 310 g/mol. The Kier molecular flexibility index (Phi) is 3.31. The fourth-order valence-corrected chi connectivity index (χ4v) is 4.58. The van der Waals surface area contributed by atoms with Gasteiger partial charge in [0, 0.05) is 11.1 Å². The van der Waals surface area contributed by atoms with Gasteiger partial charge < -0.3 is 9.64 Å². The van der Waals surface area contributed by atoms with Crippen LogP contribution in [0, 0.1) is 0 Å². The second kappa shape index (κ2) is 5.33. The first-order chi connectivity index (χ1) is 10.8. The third-order valence-corrected chi connectivity index (χ3v) is 5.46. The number of hydrogen-bond donors (Lipinski definition) is 0. The number of thioether (sulfide) groups is 1. The smallest absolute Gasteiger partial charge is 0.234 e. The van der Waals surface area contributed by atoms with E-state index in [0.29, 0.717) is 17.1 Å². The van der Waals surface area contributed by atoms with Crippen molar-refractivity contribution in [3.63, 3.8) is 0 Å². The summed E-state index contributed by atoms with van der Waals surface area (Å²) >= 11 is 1.62. The van der Waals surface area contributed by atoms with Gasteiger partial charge in [0.2, 0.25) is 11.5 Å². The summed E-state index contributed by atoms with van der Waals surface area (Å²) in [6, 6.07) is 15.7. The van der Waals surface area contributed by atoms with Crippen LogP contribution in [0.3, 0.4) is 0 Å². The van der Waals surface area contributed by atoms with Crippen LogP contribution in [0.5, 0.6) is 5.75 Å². The predicted molar refractivity (Wildman–Crippen MR) is 89.7 cm³/mol. The number of anilines is 1. The van der Waals surface area contributed by atoms with Gasteiger partial charge in [-0.05, 0) is 24.3 Å². The highest BCUT2D eigenvalue weighted by atomic mass is 32.2. The summed E-state index contributed by atoms with van der Waals surface area (Å²) in [5, 5.41) is 0.914. The van der Waals surface area contributed by atoms with Gasteiger partial charge in [-0.3, -0.25) is 4.79 Å². The normalized spacial score (nSPS) is 19.1. The van der Waals surface area contributed by atoms with Crippen LogP contribution in [-0.2, 0) is 0 Å². The monoisotopic (exact) mass is 323 g/mol. The van der Waals surface area contributed by atoms with Crippen molar-refractivity contribution in [2.24, 2.45) is 0 Å². The van der Waals surface area contributed by atoms with Crippen molar-refractivity contribution in [2.75, 3.05) is 11.1 Å². The molecule has 0 bridgehead atoms. The van der Waals surface area contributed by atoms with Crippen molar-refractivity contribution in [2.45, 2.75) is 11.4 Å². The molecule has 0 atom stereocenters. The van der Waals surface area contributed by atoms with Crippen LogP contribution >= 0.6 is 11.8 Å². The molecular formula is C17H13NO2SSi. The van der Waals surface area contributed by atoms with Crippen molar-refractivity contribution in [1.82, 2.24) is 0 Å². The van der Waals surface area contributed by atoms with Crippen LogP contribution < -0.4 is 9.64 Å². The Morgan fingerprint density at radius 1 is 1.14 bits per heavy atom. The van der Waals surface area contributed by atoms with E-state index in [4.69, 9.17) is 4.74 Å². The molecule has 0 fully saturated rings. The standard InChI is InChI=1S/C17H13NO2SSi/c1-22-10-18-12-7-3-5-9-14(12)21-17(18)16-15(19)11-6-2-4-8-13(11)20-16/h2-9H,10H2,1H3/b17-16+. The fraction of sp³-hybridized carbons (Fsp3) is 0.118. The lowest BCUT2D eigenvalue weighted by atomic mass is 10.1. The minimum absolute atomic E-state index is 0.0182. The highest BCUT2D eigenvalue weighted by Crippen LogP contribution is 2.48. The van der Waals surface area contributed by atoms with Crippen LogP contribution in [0.15, 0.2) is 64.2 Å². The van der Waals surface area contributed by atoms with Gasteiger partial charge in [0.1, 0.15) is 10.8 Å². The molecule has 2 radical (unpaired) electrons. The van der Waals surface area contributed by atoms with Crippen LogP contribution in [0.1, 0.15) is 10.4 Å². The molecule has 108 valence electrons. The predicted octanol–water partition coefficient (Wildman–Crippen LogP) is 3.75. The number of carbonyl (C=O) groups excluding carboxylic acids is 1. The molecule has 0 spiro atoms. The first kappa shape index (κ1) is 13.7. The summed E-state index contributed by atoms with van der Waals surface area (Å²) in [6.07, 6.45) is 0.899. The average molecular weight is 323 g/mol. The molecule has 2 aromatic rings. The van der Waals surface area contributed by atoms with Gasteiger partial charge >= 0.3 is 0 Å². The summed E-state index contributed by atoms with van der Waals surface area (Å²) in [7, 11) is 0.768. The van der Waals surface area contributed by atoms with Crippen LogP contribution in [-0.4, -0.2) is 21.5 Å². The number of fused-ring (bicyclic) bond motifs is 2. The second-order valence-electron chi connectivity index (χ2n) is 5.07. The highest BCUT2D eigenvalue weighted by Gasteiger charge is 2.36. The van der Waals surface area contributed by atoms with Crippen LogP contribution in [0.2, 0.25) is 6.55 Å². The minimum atomic E-state index is -0.0182. The zero-order valence-corrected chi connectivity index (χ0v) is 13.8. The Bertz CT molecular complexity index is 803. The molecule has 2 aliphatic heterocycles. The summed E-state index contributed by atoms with van der Waals surface area (Å²) in [4.78, 5) is 16.0. The van der Waals surface area contributed by atoms with Crippen LogP contribution in [0.25, 0.3) is 0 Å². The molecule has 2 aromatic carbocycles. The zero-order valence-electron chi connectivity index (χ0n) is 12.0. The molecule has 0 saturated heterocycles. The van der Waals surface area contributed by atoms with Gasteiger partial charge in [0.05, 0.1) is 20.8 Å². The van der Waals surface area contributed by atoms with Crippen LogP contribution in [0.4, 0.5) is 5.69 Å². The topological polar surface area (TPSA) is 29.5 Å². The third-order valence-electron chi connectivity index (χ3n) is 3.67. The fourth-order valence-electron chi connectivity index (χ4n) is 2.68. The van der Waals surface area contributed by atoms with Crippen molar-refractivity contribution < 1.29 is 9.53 Å². The van der Waals surface area contributed by atoms with Crippen molar-refractivity contribution in [1.29, 1.82) is 0 Å². The first-order valence-corrected chi connectivity index (χ1v) is 9.57. The van der Waals surface area contributed by atoms with Gasteiger partial charge in [-0.2, -0.15) is 0 Å². The van der Waals surface area contributed by atoms with Gasteiger partial charge in [-0.15, -0.1) is 0 Å². The number of hydrogen-bond acceptors (Lipinski definition) is 4. The van der Waals surface area contributed by atoms with Crippen molar-refractivity contribution >= 4 is 32.8 Å². The van der Waals surface area contributed by atoms with E-state index in [9.17, 15) is 4.79 Å². The molecule has 3 nitrogen and oxygen atoms in total. The maximum Gasteiger partial charge on any atom is 0.234 e. The molecule has 22 heavy (non-hydrogen) atoms. The van der Waals surface area contributed by atoms with E-state index < -0.39 is 0 Å². The number of ketones is 1. The SMILES string of the molecule is C[Si]CN1/C(=C2\Oc3ccccc3C2=O)Sc2ccccc21. The molecule has 0 amide bonds. The van der Waals surface area contributed by atoms with E-state index in [1.54, 1.807) is 11.8 Å². The van der Waals surface area contributed by atoms with E-state index in [2.05, 4.69) is 23.6 Å². The van der Waals surface area contributed by atoms with E-state index in [0.717, 1.165) is 26.4 Å². The Hall–Kier alpha value is -1.98. The van der Waals surface area contributed by atoms with Crippen molar-refractivity contribution in [3.8, 4) is 5.75 Å². The lowest BCUT2D eigenvalue weighted by Gasteiger charge is -2.20. The number of rotatable bonds is 2. The molecule has 0 aromatic heterocycles. The lowest BCUT2D eigenvalue weighted by Crippen LogP contribution is -2.25. The molecule has 0 aliphatic carbocycles. The Labute approximate surface area is 135 Å². The van der Waals surface area contributed by atoms with E-state index in [-0.39, 0.29) is 5.78 Å². The Morgan fingerprint density at radius 2 is 1.91 bits per heavy atom. The van der Waals surface area contributed by atoms with Gasteiger partial charge in [0.15, 0.2) is 0 Å². The molecule has 0 N–H and O–H groups in total. The van der Waals surface area contributed by atoms with Gasteiger partial charge in [-0.25, -0.2) is 0 Å². The molecule has 5 heteroatoms. The number of carbonyl (C=O) groups is 1. The Morgan fingerprint density at radius 3 is 2.73 bits per heavy atom.